The van der Waals surface area contributed by atoms with Crippen molar-refractivity contribution in [2.75, 3.05) is 20.7 Å². The molecule has 0 spiro atoms. The van der Waals surface area contributed by atoms with E-state index >= 15 is 0 Å². The Morgan fingerprint density at radius 2 is 1.94 bits per heavy atom. The van der Waals surface area contributed by atoms with Gasteiger partial charge in [0, 0.05) is 13.5 Å². The maximum absolute atomic E-state index is 11.4. The van der Waals surface area contributed by atoms with Crippen molar-refractivity contribution < 1.29 is 14.3 Å². The van der Waals surface area contributed by atoms with Crippen molar-refractivity contribution in [3.8, 4) is 0 Å². The molecule has 5 heteroatoms. The Hall–Kier alpha value is -1.10. The third-order valence-corrected chi connectivity index (χ3v) is 2.35. The Morgan fingerprint density at radius 1 is 1.31 bits per heavy atom. The van der Waals surface area contributed by atoms with Gasteiger partial charge in [0.05, 0.1) is 7.11 Å². The second-order valence-corrected chi connectivity index (χ2v) is 3.98. The molecule has 0 saturated carbocycles. The number of esters is 1. The van der Waals surface area contributed by atoms with Gasteiger partial charge in [0.1, 0.15) is 6.04 Å². The summed E-state index contributed by atoms with van der Waals surface area (Å²) in [4.78, 5) is 22.3. The lowest BCUT2D eigenvalue weighted by Crippen LogP contribution is -2.42. The molecule has 94 valence electrons. The number of ether oxygens (including phenoxy) is 1. The third-order valence-electron chi connectivity index (χ3n) is 2.35. The Labute approximate surface area is 96.9 Å². The Bertz CT molecular complexity index is 229. The Kier molecular flexibility index (Phi) is 7.54. The minimum atomic E-state index is -0.297. The summed E-state index contributed by atoms with van der Waals surface area (Å²) in [5.41, 5.74) is 0. The number of nitrogens with one attached hydrogen (secondary N) is 2. The summed E-state index contributed by atoms with van der Waals surface area (Å²) in [5, 5.41) is 5.65. The first-order valence-electron chi connectivity index (χ1n) is 5.54. The molecule has 0 bridgehead atoms. The summed E-state index contributed by atoms with van der Waals surface area (Å²) in [6.45, 7) is 4.53. The number of carbonyl (C=O) groups excluding carboxylic acids is 2. The highest BCUT2D eigenvalue weighted by molar-refractivity contribution is 5.76. The van der Waals surface area contributed by atoms with Crippen LogP contribution in [0.25, 0.3) is 0 Å². The van der Waals surface area contributed by atoms with E-state index in [0.29, 0.717) is 19.4 Å². The van der Waals surface area contributed by atoms with Crippen LogP contribution in [-0.4, -0.2) is 38.6 Å². The van der Waals surface area contributed by atoms with Crippen molar-refractivity contribution in [1.29, 1.82) is 0 Å². The zero-order valence-corrected chi connectivity index (χ0v) is 10.5. The van der Waals surface area contributed by atoms with Crippen LogP contribution in [0, 0.1) is 5.92 Å². The third kappa shape index (κ3) is 5.70. The molecule has 5 nitrogen and oxygen atoms in total. The molecule has 0 aromatic heterocycles. The summed E-state index contributed by atoms with van der Waals surface area (Å²) < 4.78 is 4.69. The first-order chi connectivity index (χ1) is 7.52. The van der Waals surface area contributed by atoms with E-state index in [1.165, 1.54) is 7.11 Å². The average Bonchev–Trinajstić information content (AvgIpc) is 2.27. The van der Waals surface area contributed by atoms with Crippen molar-refractivity contribution in [1.82, 2.24) is 10.6 Å². The minimum absolute atomic E-state index is 0.0148. The number of carbonyl (C=O) groups is 2. The quantitative estimate of drug-likeness (QED) is 0.487. The van der Waals surface area contributed by atoms with Crippen molar-refractivity contribution in [3.05, 3.63) is 0 Å². The lowest BCUT2D eigenvalue weighted by atomic mass is 10.0. The summed E-state index contributed by atoms with van der Waals surface area (Å²) in [6.07, 6.45) is 1.18. The fourth-order valence-corrected chi connectivity index (χ4v) is 1.35. The van der Waals surface area contributed by atoms with E-state index in [0.717, 1.165) is 0 Å². The second-order valence-electron chi connectivity index (χ2n) is 3.98. The van der Waals surface area contributed by atoms with Crippen molar-refractivity contribution >= 4 is 11.9 Å². The summed E-state index contributed by atoms with van der Waals surface area (Å²) in [7, 11) is 2.99. The molecule has 0 aliphatic rings. The van der Waals surface area contributed by atoms with Crippen LogP contribution in [0.5, 0.6) is 0 Å². The zero-order valence-electron chi connectivity index (χ0n) is 10.5. The number of hydrogen-bond donors (Lipinski definition) is 2. The van der Waals surface area contributed by atoms with Gasteiger partial charge in [0.15, 0.2) is 0 Å². The predicted molar refractivity (Wildman–Crippen MR) is 61.9 cm³/mol. The molecule has 0 aromatic carbocycles. The summed E-state index contributed by atoms with van der Waals surface area (Å²) >= 11 is 0. The van der Waals surface area contributed by atoms with Gasteiger partial charge in [0.2, 0.25) is 5.91 Å². The van der Waals surface area contributed by atoms with Crippen molar-refractivity contribution in [3.63, 3.8) is 0 Å². The molecule has 0 saturated heterocycles. The van der Waals surface area contributed by atoms with Crippen LogP contribution >= 0.6 is 0 Å². The van der Waals surface area contributed by atoms with E-state index in [-0.39, 0.29) is 23.8 Å². The van der Waals surface area contributed by atoms with E-state index in [1.807, 2.05) is 13.8 Å². The van der Waals surface area contributed by atoms with E-state index in [4.69, 9.17) is 4.74 Å². The maximum atomic E-state index is 11.4. The molecule has 0 rings (SSSR count). The van der Waals surface area contributed by atoms with Crippen LogP contribution in [0.1, 0.15) is 26.7 Å². The number of hydrogen-bond acceptors (Lipinski definition) is 4. The topological polar surface area (TPSA) is 67.4 Å². The van der Waals surface area contributed by atoms with Gasteiger partial charge in [-0.15, -0.1) is 0 Å². The number of methoxy groups -OCH3 is 1. The molecule has 0 heterocycles. The van der Waals surface area contributed by atoms with Gasteiger partial charge in [-0.2, -0.15) is 0 Å². The Morgan fingerprint density at radius 3 is 2.38 bits per heavy atom. The second kappa shape index (κ2) is 8.10. The molecule has 1 unspecified atom stereocenters. The first kappa shape index (κ1) is 14.9. The maximum Gasteiger partial charge on any atom is 0.323 e. The van der Waals surface area contributed by atoms with Crippen LogP contribution in [0.4, 0.5) is 0 Å². The van der Waals surface area contributed by atoms with Gasteiger partial charge < -0.3 is 15.4 Å². The van der Waals surface area contributed by atoms with E-state index in [9.17, 15) is 9.59 Å². The largest absolute Gasteiger partial charge is 0.468 e. The highest BCUT2D eigenvalue weighted by atomic mass is 16.5. The normalized spacial score (nSPS) is 12.3. The SMILES string of the molecule is CNC(=O)CCCNC(C(=O)OC)C(C)C. The van der Waals surface area contributed by atoms with Crippen LogP contribution in [0.15, 0.2) is 0 Å². The Balaban J connectivity index is 3.86. The van der Waals surface area contributed by atoms with Crippen LogP contribution in [0.2, 0.25) is 0 Å². The lowest BCUT2D eigenvalue weighted by molar-refractivity contribution is -0.144. The fourth-order valence-electron chi connectivity index (χ4n) is 1.35. The predicted octanol–water partition coefficient (Wildman–Crippen LogP) is 0.300. The monoisotopic (exact) mass is 230 g/mol. The molecule has 0 fully saturated rings. The van der Waals surface area contributed by atoms with E-state index in [1.54, 1.807) is 7.05 Å². The molecule has 16 heavy (non-hydrogen) atoms. The molecule has 0 radical (unpaired) electrons. The standard InChI is InChI=1S/C11H22N2O3/c1-8(2)10(11(15)16-4)13-7-5-6-9(14)12-3/h8,10,13H,5-7H2,1-4H3,(H,12,14). The molecule has 1 amide bonds. The first-order valence-corrected chi connectivity index (χ1v) is 5.54. The number of amides is 1. The molecule has 0 aliphatic carbocycles. The lowest BCUT2D eigenvalue weighted by Gasteiger charge is -2.19. The van der Waals surface area contributed by atoms with Gasteiger partial charge in [0.25, 0.3) is 0 Å². The molecular formula is C11H22N2O3. The minimum Gasteiger partial charge on any atom is -0.468 e. The van der Waals surface area contributed by atoms with Crippen molar-refractivity contribution in [2.24, 2.45) is 5.92 Å². The zero-order chi connectivity index (χ0) is 12.6. The highest BCUT2D eigenvalue weighted by Gasteiger charge is 2.21. The van der Waals surface area contributed by atoms with Crippen molar-refractivity contribution in [2.45, 2.75) is 32.7 Å². The van der Waals surface area contributed by atoms with E-state index in [2.05, 4.69) is 10.6 Å². The summed E-state index contributed by atoms with van der Waals surface area (Å²) in [5.74, 6) is -0.0663. The van der Waals surface area contributed by atoms with Crippen LogP contribution in [-0.2, 0) is 14.3 Å². The van der Waals surface area contributed by atoms with Gasteiger partial charge in [-0.1, -0.05) is 13.8 Å². The summed E-state index contributed by atoms with van der Waals surface area (Å²) in [6, 6.07) is -0.297. The van der Waals surface area contributed by atoms with Crippen LogP contribution < -0.4 is 10.6 Å². The molecule has 1 atom stereocenters. The van der Waals surface area contributed by atoms with Gasteiger partial charge in [-0.25, -0.2) is 0 Å². The van der Waals surface area contributed by atoms with E-state index < -0.39 is 0 Å². The molecule has 2 N–H and O–H groups in total. The van der Waals surface area contributed by atoms with Gasteiger partial charge in [-0.3, -0.25) is 9.59 Å². The average molecular weight is 230 g/mol. The van der Waals surface area contributed by atoms with Gasteiger partial charge >= 0.3 is 5.97 Å². The smallest absolute Gasteiger partial charge is 0.323 e. The highest BCUT2D eigenvalue weighted by Crippen LogP contribution is 2.03. The van der Waals surface area contributed by atoms with Crippen LogP contribution in [0.3, 0.4) is 0 Å². The van der Waals surface area contributed by atoms with Gasteiger partial charge in [-0.05, 0) is 18.9 Å². The fraction of sp³-hybridized carbons (Fsp3) is 0.818. The molecule has 0 aromatic rings. The number of rotatable bonds is 7. The molecular weight excluding hydrogens is 208 g/mol. The molecule has 0 aliphatic heterocycles.